The van der Waals surface area contributed by atoms with Crippen molar-refractivity contribution in [2.75, 3.05) is 0 Å². The van der Waals surface area contributed by atoms with Gasteiger partial charge >= 0.3 is 0 Å². The van der Waals surface area contributed by atoms with Gasteiger partial charge in [-0.3, -0.25) is 0 Å². The molecule has 0 saturated heterocycles. The highest BCUT2D eigenvalue weighted by atomic mass is 15.1. The van der Waals surface area contributed by atoms with Crippen LogP contribution in [0.15, 0.2) is 24.9 Å². The molecule has 0 spiro atoms. The lowest BCUT2D eigenvalue weighted by Gasteiger charge is -2.16. The van der Waals surface area contributed by atoms with E-state index in [-0.39, 0.29) is 6.04 Å². The van der Waals surface area contributed by atoms with Crippen LogP contribution in [0.4, 0.5) is 0 Å². The number of hydrogen-bond donors (Lipinski definition) is 1. The predicted octanol–water partition coefficient (Wildman–Crippen LogP) is 1.91. The Hall–Kier alpha value is -1.62. The predicted molar refractivity (Wildman–Crippen MR) is 75.5 cm³/mol. The Morgan fingerprint density at radius 2 is 2.16 bits per heavy atom. The highest BCUT2D eigenvalue weighted by Gasteiger charge is 2.13. The topological polar surface area (TPSA) is 61.7 Å². The molecule has 0 aliphatic heterocycles. The molecule has 2 heterocycles. The van der Waals surface area contributed by atoms with Crippen LogP contribution in [-0.4, -0.2) is 19.1 Å². The van der Waals surface area contributed by atoms with Crippen LogP contribution in [0, 0.1) is 5.92 Å². The molecule has 0 radical (unpaired) electrons. The molecular formula is C14H23N5. The minimum Gasteiger partial charge on any atom is -0.338 e. The van der Waals surface area contributed by atoms with E-state index in [2.05, 4.69) is 28.4 Å². The first-order valence-electron chi connectivity index (χ1n) is 6.79. The number of nitrogens with zero attached hydrogens (tertiary/aromatic N) is 4. The van der Waals surface area contributed by atoms with Crippen LogP contribution in [0.2, 0.25) is 0 Å². The zero-order valence-corrected chi connectivity index (χ0v) is 12.0. The van der Waals surface area contributed by atoms with Crippen molar-refractivity contribution in [1.82, 2.24) is 19.1 Å². The molecule has 2 aromatic rings. The van der Waals surface area contributed by atoms with E-state index in [9.17, 15) is 0 Å². The third kappa shape index (κ3) is 3.44. The second-order valence-electron chi connectivity index (χ2n) is 5.45. The minimum atomic E-state index is 0.0591. The summed E-state index contributed by atoms with van der Waals surface area (Å²) in [7, 11) is 2.02. The molecular weight excluding hydrogens is 238 g/mol. The van der Waals surface area contributed by atoms with Crippen LogP contribution < -0.4 is 5.73 Å². The molecule has 0 amide bonds. The van der Waals surface area contributed by atoms with Crippen molar-refractivity contribution in [1.29, 1.82) is 0 Å². The fourth-order valence-electron chi connectivity index (χ4n) is 2.31. The first kappa shape index (κ1) is 13.8. The van der Waals surface area contributed by atoms with E-state index in [1.54, 1.807) is 0 Å². The molecule has 0 fully saturated rings. The van der Waals surface area contributed by atoms with Gasteiger partial charge in [-0.2, -0.15) is 0 Å². The van der Waals surface area contributed by atoms with E-state index in [1.807, 2.05) is 36.5 Å². The van der Waals surface area contributed by atoms with Crippen LogP contribution in [0.5, 0.6) is 0 Å². The van der Waals surface area contributed by atoms with Gasteiger partial charge in [-0.05, 0) is 12.3 Å². The maximum atomic E-state index is 6.24. The van der Waals surface area contributed by atoms with Gasteiger partial charge in [0, 0.05) is 44.6 Å². The van der Waals surface area contributed by atoms with E-state index in [0.29, 0.717) is 5.92 Å². The zero-order chi connectivity index (χ0) is 13.8. The molecule has 2 N–H and O–H groups in total. The van der Waals surface area contributed by atoms with Crippen LogP contribution in [-0.2, 0) is 20.0 Å². The van der Waals surface area contributed by atoms with Crippen LogP contribution >= 0.6 is 0 Å². The van der Waals surface area contributed by atoms with Gasteiger partial charge in [0.2, 0.25) is 0 Å². The Balaban J connectivity index is 2.01. The molecule has 0 aromatic carbocycles. The van der Waals surface area contributed by atoms with Gasteiger partial charge in [-0.15, -0.1) is 0 Å². The summed E-state index contributed by atoms with van der Waals surface area (Å²) in [6.45, 7) is 5.24. The van der Waals surface area contributed by atoms with E-state index in [4.69, 9.17) is 5.73 Å². The number of imidazole rings is 2. The molecule has 1 unspecified atom stereocenters. The van der Waals surface area contributed by atoms with Gasteiger partial charge in [-0.25, -0.2) is 9.97 Å². The molecule has 104 valence electrons. The van der Waals surface area contributed by atoms with Crippen LogP contribution in [0.3, 0.4) is 0 Å². The molecule has 1 atom stereocenters. The Labute approximate surface area is 114 Å². The Morgan fingerprint density at radius 3 is 2.79 bits per heavy atom. The maximum Gasteiger partial charge on any atom is 0.110 e. The summed E-state index contributed by atoms with van der Waals surface area (Å²) in [6, 6.07) is 0.0591. The molecule has 0 aliphatic carbocycles. The fourth-order valence-corrected chi connectivity index (χ4v) is 2.31. The second-order valence-corrected chi connectivity index (χ2v) is 5.45. The van der Waals surface area contributed by atoms with Crippen LogP contribution in [0.1, 0.15) is 37.8 Å². The molecule has 19 heavy (non-hydrogen) atoms. The first-order chi connectivity index (χ1) is 9.08. The quantitative estimate of drug-likeness (QED) is 0.864. The summed E-state index contributed by atoms with van der Waals surface area (Å²) in [5.41, 5.74) is 7.35. The Kier molecular flexibility index (Phi) is 4.37. The van der Waals surface area contributed by atoms with Gasteiger partial charge < -0.3 is 14.9 Å². The summed E-state index contributed by atoms with van der Waals surface area (Å²) in [4.78, 5) is 8.56. The highest BCUT2D eigenvalue weighted by molar-refractivity contribution is 5.05. The number of nitrogens with two attached hydrogens (primary N) is 1. The lowest BCUT2D eigenvalue weighted by molar-refractivity contribution is 0.481. The Morgan fingerprint density at radius 1 is 1.37 bits per heavy atom. The van der Waals surface area contributed by atoms with Crippen molar-refractivity contribution in [2.24, 2.45) is 18.7 Å². The lowest BCUT2D eigenvalue weighted by atomic mass is 10.0. The van der Waals surface area contributed by atoms with Gasteiger partial charge in [-0.1, -0.05) is 13.8 Å². The van der Waals surface area contributed by atoms with Crippen molar-refractivity contribution in [3.8, 4) is 0 Å². The van der Waals surface area contributed by atoms with E-state index in [0.717, 1.165) is 30.9 Å². The summed E-state index contributed by atoms with van der Waals surface area (Å²) >= 11 is 0. The minimum absolute atomic E-state index is 0.0591. The van der Waals surface area contributed by atoms with Crippen molar-refractivity contribution in [3.05, 3.63) is 36.4 Å². The fraction of sp³-hybridized carbons (Fsp3) is 0.571. The molecule has 2 aromatic heterocycles. The number of aromatic nitrogens is 4. The highest BCUT2D eigenvalue weighted by Crippen LogP contribution is 2.18. The lowest BCUT2D eigenvalue weighted by Crippen LogP contribution is -2.18. The summed E-state index contributed by atoms with van der Waals surface area (Å²) in [6.07, 6.45) is 9.41. The smallest absolute Gasteiger partial charge is 0.110 e. The van der Waals surface area contributed by atoms with Crippen molar-refractivity contribution in [2.45, 2.75) is 39.3 Å². The standard InChI is InChI=1S/C14H23N5/c1-11(2)8-12(15)13-9-16-10-19(13)6-4-14-17-5-7-18(14)3/h5,7,9-12H,4,6,8,15H2,1-3H3. The third-order valence-corrected chi connectivity index (χ3v) is 3.35. The van der Waals surface area contributed by atoms with Gasteiger partial charge in [0.15, 0.2) is 0 Å². The molecule has 0 bridgehead atoms. The van der Waals surface area contributed by atoms with E-state index in [1.165, 1.54) is 0 Å². The van der Waals surface area contributed by atoms with Crippen molar-refractivity contribution < 1.29 is 0 Å². The van der Waals surface area contributed by atoms with Gasteiger partial charge in [0.25, 0.3) is 0 Å². The zero-order valence-electron chi connectivity index (χ0n) is 12.0. The normalized spacial score (nSPS) is 13.1. The first-order valence-corrected chi connectivity index (χ1v) is 6.79. The summed E-state index contributed by atoms with van der Waals surface area (Å²) in [5.74, 6) is 1.67. The summed E-state index contributed by atoms with van der Waals surface area (Å²) < 4.78 is 4.19. The molecule has 0 saturated carbocycles. The van der Waals surface area contributed by atoms with Crippen molar-refractivity contribution in [3.63, 3.8) is 0 Å². The average Bonchev–Trinajstić information content (AvgIpc) is 2.94. The third-order valence-electron chi connectivity index (χ3n) is 3.35. The van der Waals surface area contributed by atoms with E-state index >= 15 is 0 Å². The largest absolute Gasteiger partial charge is 0.338 e. The number of rotatable bonds is 6. The molecule has 2 rings (SSSR count). The van der Waals surface area contributed by atoms with Gasteiger partial charge in [0.05, 0.1) is 12.0 Å². The van der Waals surface area contributed by atoms with E-state index < -0.39 is 0 Å². The molecule has 0 aliphatic rings. The van der Waals surface area contributed by atoms with Crippen LogP contribution in [0.25, 0.3) is 0 Å². The Bertz CT molecular complexity index is 511. The van der Waals surface area contributed by atoms with Gasteiger partial charge in [0.1, 0.15) is 5.82 Å². The maximum absolute atomic E-state index is 6.24. The second kappa shape index (κ2) is 6.02. The SMILES string of the molecule is CC(C)CC(N)c1cncn1CCc1nccn1C. The van der Waals surface area contributed by atoms with Crippen molar-refractivity contribution >= 4 is 0 Å². The molecule has 5 heteroatoms. The number of hydrogen-bond acceptors (Lipinski definition) is 3. The average molecular weight is 261 g/mol. The number of aryl methyl sites for hydroxylation is 3. The summed E-state index contributed by atoms with van der Waals surface area (Å²) in [5, 5.41) is 0. The molecule has 5 nitrogen and oxygen atoms in total. The monoisotopic (exact) mass is 261 g/mol.